The van der Waals surface area contributed by atoms with Crippen LogP contribution >= 0.6 is 11.6 Å². The highest BCUT2D eigenvalue weighted by Gasteiger charge is 2.26. The van der Waals surface area contributed by atoms with Crippen LogP contribution in [0.25, 0.3) is 0 Å². The molecule has 19 heavy (non-hydrogen) atoms. The zero-order chi connectivity index (χ0) is 13.8. The zero-order valence-electron chi connectivity index (χ0n) is 11.2. The van der Waals surface area contributed by atoms with Gasteiger partial charge < -0.3 is 14.4 Å². The van der Waals surface area contributed by atoms with Crippen molar-refractivity contribution in [1.82, 2.24) is 4.90 Å². The lowest BCUT2D eigenvalue weighted by Gasteiger charge is -2.19. The number of carbonyl (C=O) groups excluding carboxylic acids is 1. The first-order chi connectivity index (χ1) is 9.17. The van der Waals surface area contributed by atoms with Gasteiger partial charge in [0.25, 0.3) is 0 Å². The van der Waals surface area contributed by atoms with Crippen LogP contribution in [0, 0.1) is 0 Å². The van der Waals surface area contributed by atoms with E-state index in [2.05, 4.69) is 0 Å². The highest BCUT2D eigenvalue weighted by atomic mass is 35.5. The quantitative estimate of drug-likeness (QED) is 0.798. The van der Waals surface area contributed by atoms with Crippen molar-refractivity contribution in [3.8, 4) is 11.5 Å². The first kappa shape index (κ1) is 14.0. The predicted molar refractivity (Wildman–Crippen MR) is 74.0 cm³/mol. The number of likely N-dealkylation sites (tertiary alicyclic amines) is 1. The Kier molecular flexibility index (Phi) is 4.53. The van der Waals surface area contributed by atoms with Gasteiger partial charge in [0.1, 0.15) is 5.38 Å². The van der Waals surface area contributed by atoms with Gasteiger partial charge in [-0.25, -0.2) is 0 Å². The van der Waals surface area contributed by atoms with E-state index in [4.69, 9.17) is 21.1 Å². The van der Waals surface area contributed by atoms with E-state index in [1.165, 1.54) is 0 Å². The fraction of sp³-hybridized carbons (Fsp3) is 0.500. The summed E-state index contributed by atoms with van der Waals surface area (Å²) >= 11 is 6.27. The Bertz CT molecular complexity index is 458. The summed E-state index contributed by atoms with van der Waals surface area (Å²) in [5.74, 6) is 1.18. The van der Waals surface area contributed by atoms with Gasteiger partial charge in [-0.2, -0.15) is 0 Å². The van der Waals surface area contributed by atoms with Crippen LogP contribution in [0.4, 0.5) is 0 Å². The minimum absolute atomic E-state index is 0.0358. The number of ether oxygens (including phenoxy) is 2. The first-order valence-corrected chi connectivity index (χ1v) is 6.75. The van der Waals surface area contributed by atoms with Gasteiger partial charge in [-0.3, -0.25) is 4.79 Å². The van der Waals surface area contributed by atoms with Crippen molar-refractivity contribution in [1.29, 1.82) is 0 Å². The number of hydrogen-bond acceptors (Lipinski definition) is 3. The second kappa shape index (κ2) is 6.15. The summed E-state index contributed by atoms with van der Waals surface area (Å²) in [5.41, 5.74) is 0.733. The van der Waals surface area contributed by atoms with Crippen LogP contribution in [-0.4, -0.2) is 38.1 Å². The maximum Gasteiger partial charge on any atom is 0.245 e. The van der Waals surface area contributed by atoms with Gasteiger partial charge in [-0.05, 0) is 30.5 Å². The molecule has 0 saturated carbocycles. The van der Waals surface area contributed by atoms with E-state index in [-0.39, 0.29) is 5.91 Å². The van der Waals surface area contributed by atoms with E-state index in [9.17, 15) is 4.79 Å². The van der Waals surface area contributed by atoms with Crippen LogP contribution in [0.3, 0.4) is 0 Å². The summed E-state index contributed by atoms with van der Waals surface area (Å²) in [6, 6.07) is 5.32. The molecule has 5 heteroatoms. The lowest BCUT2D eigenvalue weighted by atomic mass is 10.1. The molecule has 4 nitrogen and oxygen atoms in total. The average molecular weight is 284 g/mol. The number of carbonyl (C=O) groups is 1. The normalized spacial score (nSPS) is 16.3. The Morgan fingerprint density at radius 3 is 2.42 bits per heavy atom. The van der Waals surface area contributed by atoms with Gasteiger partial charge in [0.2, 0.25) is 5.91 Å². The Labute approximate surface area is 118 Å². The molecule has 1 aromatic rings. The van der Waals surface area contributed by atoms with E-state index >= 15 is 0 Å². The zero-order valence-corrected chi connectivity index (χ0v) is 11.9. The molecule has 1 fully saturated rings. The van der Waals surface area contributed by atoms with Crippen molar-refractivity contribution < 1.29 is 14.3 Å². The second-order valence-corrected chi connectivity index (χ2v) is 4.95. The van der Waals surface area contributed by atoms with Crippen LogP contribution < -0.4 is 9.47 Å². The molecule has 0 aromatic heterocycles. The number of alkyl halides is 1. The Morgan fingerprint density at radius 2 is 1.84 bits per heavy atom. The first-order valence-electron chi connectivity index (χ1n) is 6.32. The molecular formula is C14H18ClNO3. The van der Waals surface area contributed by atoms with Crippen molar-refractivity contribution in [2.75, 3.05) is 27.3 Å². The van der Waals surface area contributed by atoms with Crippen LogP contribution in [0.1, 0.15) is 23.8 Å². The van der Waals surface area contributed by atoms with Crippen LogP contribution in [-0.2, 0) is 4.79 Å². The molecule has 1 aliphatic rings. The average Bonchev–Trinajstić information content (AvgIpc) is 2.99. The third kappa shape index (κ3) is 2.95. The molecular weight excluding hydrogens is 266 g/mol. The van der Waals surface area contributed by atoms with Gasteiger partial charge in [-0.15, -0.1) is 11.6 Å². The summed E-state index contributed by atoms with van der Waals surface area (Å²) < 4.78 is 10.4. The van der Waals surface area contributed by atoms with Crippen molar-refractivity contribution in [2.24, 2.45) is 0 Å². The largest absolute Gasteiger partial charge is 0.493 e. The standard InChI is InChI=1S/C14H18ClNO3/c1-18-11-6-5-10(9-12(11)19-2)13(15)14(17)16-7-3-4-8-16/h5-6,9,13H,3-4,7-8H2,1-2H3. The molecule has 2 rings (SSSR count). The maximum absolute atomic E-state index is 12.2. The van der Waals surface area contributed by atoms with Gasteiger partial charge >= 0.3 is 0 Å². The minimum Gasteiger partial charge on any atom is -0.493 e. The molecule has 0 bridgehead atoms. The number of amides is 1. The van der Waals surface area contributed by atoms with Crippen LogP contribution in [0.15, 0.2) is 18.2 Å². The second-order valence-electron chi connectivity index (χ2n) is 4.51. The molecule has 1 aromatic carbocycles. The predicted octanol–water partition coefficient (Wildman–Crippen LogP) is 2.61. The van der Waals surface area contributed by atoms with E-state index in [0.29, 0.717) is 11.5 Å². The number of hydrogen-bond donors (Lipinski definition) is 0. The number of nitrogens with zero attached hydrogens (tertiary/aromatic N) is 1. The van der Waals surface area contributed by atoms with E-state index < -0.39 is 5.38 Å². The fourth-order valence-corrected chi connectivity index (χ4v) is 2.52. The summed E-state index contributed by atoms with van der Waals surface area (Å²) in [6.45, 7) is 1.60. The summed E-state index contributed by atoms with van der Waals surface area (Å²) in [7, 11) is 3.14. The van der Waals surface area contributed by atoms with Crippen molar-refractivity contribution in [3.05, 3.63) is 23.8 Å². The van der Waals surface area contributed by atoms with Crippen molar-refractivity contribution in [3.63, 3.8) is 0 Å². The molecule has 104 valence electrons. The van der Waals surface area contributed by atoms with Crippen LogP contribution in [0.2, 0.25) is 0 Å². The Balaban J connectivity index is 2.18. The van der Waals surface area contributed by atoms with Crippen LogP contribution in [0.5, 0.6) is 11.5 Å². The van der Waals surface area contributed by atoms with Crippen molar-refractivity contribution >= 4 is 17.5 Å². The lowest BCUT2D eigenvalue weighted by molar-refractivity contribution is -0.129. The monoisotopic (exact) mass is 283 g/mol. The summed E-state index contributed by atoms with van der Waals surface area (Å²) in [5, 5.41) is -0.669. The Hall–Kier alpha value is -1.42. The number of methoxy groups -OCH3 is 2. The molecule has 0 spiro atoms. The summed E-state index contributed by atoms with van der Waals surface area (Å²) in [6.07, 6.45) is 2.11. The molecule has 1 heterocycles. The van der Waals surface area contributed by atoms with Gasteiger partial charge in [-0.1, -0.05) is 6.07 Å². The van der Waals surface area contributed by atoms with Gasteiger partial charge in [0, 0.05) is 13.1 Å². The molecule has 0 radical (unpaired) electrons. The number of halogens is 1. The summed E-state index contributed by atoms with van der Waals surface area (Å²) in [4.78, 5) is 14.0. The molecule has 1 atom stereocenters. The Morgan fingerprint density at radius 1 is 1.21 bits per heavy atom. The molecule has 1 amide bonds. The van der Waals surface area contributed by atoms with Gasteiger partial charge in [0.15, 0.2) is 11.5 Å². The smallest absolute Gasteiger partial charge is 0.245 e. The third-order valence-corrected chi connectivity index (χ3v) is 3.77. The number of benzene rings is 1. The molecule has 1 aliphatic heterocycles. The third-order valence-electron chi connectivity index (χ3n) is 3.33. The topological polar surface area (TPSA) is 38.8 Å². The van der Waals surface area contributed by atoms with E-state index in [1.807, 2.05) is 4.90 Å². The lowest BCUT2D eigenvalue weighted by Crippen LogP contribution is -2.30. The maximum atomic E-state index is 12.2. The van der Waals surface area contributed by atoms with E-state index in [1.54, 1.807) is 32.4 Å². The molecule has 1 saturated heterocycles. The van der Waals surface area contributed by atoms with Crippen molar-refractivity contribution in [2.45, 2.75) is 18.2 Å². The molecule has 0 N–H and O–H groups in total. The number of rotatable bonds is 4. The minimum atomic E-state index is -0.669. The highest BCUT2D eigenvalue weighted by molar-refractivity contribution is 6.30. The fourth-order valence-electron chi connectivity index (χ4n) is 2.25. The SMILES string of the molecule is COc1ccc(C(Cl)C(=O)N2CCCC2)cc1OC. The molecule has 1 unspecified atom stereocenters. The highest BCUT2D eigenvalue weighted by Crippen LogP contribution is 2.33. The molecule has 0 aliphatic carbocycles. The van der Waals surface area contributed by atoms with E-state index in [0.717, 1.165) is 31.5 Å². The van der Waals surface area contributed by atoms with Gasteiger partial charge in [0.05, 0.1) is 14.2 Å².